The second-order valence-electron chi connectivity index (χ2n) is 5.78. The first-order valence-electron chi connectivity index (χ1n) is 8.18. The Hall–Kier alpha value is -2.42. The largest absolute Gasteiger partial charge is 0.743 e. The molecule has 0 unspecified atom stereocenters. The maximum absolute atomic E-state index is 13.2. The Labute approximate surface area is 164 Å². The number of ether oxygens (including phenoxy) is 1. The Morgan fingerprint density at radius 3 is 1.64 bits per heavy atom. The zero-order valence-corrected chi connectivity index (χ0v) is 16.1. The van der Waals surface area contributed by atoms with Crippen LogP contribution in [0.5, 0.6) is 5.75 Å². The lowest BCUT2D eigenvalue weighted by molar-refractivity contribution is 0.0279. The molecule has 146 valence electrons. The van der Waals surface area contributed by atoms with Crippen LogP contribution in [0.4, 0.5) is 8.78 Å². The van der Waals surface area contributed by atoms with Gasteiger partial charge >= 0.3 is 5.25 Å². The Balaban J connectivity index is 1.85. The molecular formula is C20H16F2O4S2. The van der Waals surface area contributed by atoms with E-state index in [0.29, 0.717) is 0 Å². The first-order valence-corrected chi connectivity index (χ1v) is 10.8. The fourth-order valence-corrected chi connectivity index (χ4v) is 4.72. The van der Waals surface area contributed by atoms with Gasteiger partial charge in [-0.3, -0.25) is 0 Å². The lowest BCUT2D eigenvalue weighted by Crippen LogP contribution is -2.35. The van der Waals surface area contributed by atoms with Crippen molar-refractivity contribution in [1.82, 2.24) is 0 Å². The van der Waals surface area contributed by atoms with Crippen molar-refractivity contribution in [2.24, 2.45) is 0 Å². The molecule has 3 rings (SSSR count). The van der Waals surface area contributed by atoms with Crippen molar-refractivity contribution in [3.8, 4) is 5.75 Å². The normalized spacial score (nSPS) is 12.1. The number of hydrogen-bond acceptors (Lipinski definition) is 4. The van der Waals surface area contributed by atoms with Crippen molar-refractivity contribution >= 4 is 21.0 Å². The molecule has 0 aliphatic heterocycles. The minimum absolute atomic E-state index is 0.0525. The van der Waals surface area contributed by atoms with Crippen molar-refractivity contribution in [2.45, 2.75) is 19.9 Å². The summed E-state index contributed by atoms with van der Waals surface area (Å²) in [5.41, 5.74) is 0. The first-order chi connectivity index (χ1) is 13.3. The average Bonchev–Trinajstić information content (AvgIpc) is 2.68. The van der Waals surface area contributed by atoms with E-state index < -0.39 is 32.9 Å². The monoisotopic (exact) mass is 422 g/mol. The van der Waals surface area contributed by atoms with Crippen LogP contribution in [0.2, 0.25) is 0 Å². The minimum Gasteiger partial charge on any atom is -0.743 e. The van der Waals surface area contributed by atoms with Crippen LogP contribution in [0.15, 0.2) is 99.6 Å². The molecule has 0 atom stereocenters. The molecule has 0 N–H and O–H groups in total. The second-order valence-corrected chi connectivity index (χ2v) is 9.32. The highest BCUT2D eigenvalue weighted by atomic mass is 32.2. The van der Waals surface area contributed by atoms with Gasteiger partial charge in [0.15, 0.2) is 31.4 Å². The van der Waals surface area contributed by atoms with Crippen LogP contribution in [0.3, 0.4) is 0 Å². The van der Waals surface area contributed by atoms with E-state index in [0.717, 1.165) is 14.7 Å². The zero-order chi connectivity index (χ0) is 20.2. The lowest BCUT2D eigenvalue weighted by atomic mass is 10.3. The van der Waals surface area contributed by atoms with Gasteiger partial charge in [0.05, 0.1) is 10.9 Å². The zero-order valence-electron chi connectivity index (χ0n) is 14.5. The summed E-state index contributed by atoms with van der Waals surface area (Å²) >= 11 is 0. The van der Waals surface area contributed by atoms with E-state index in [2.05, 4.69) is 0 Å². The molecule has 0 heterocycles. The summed E-state index contributed by atoms with van der Waals surface area (Å²) < 4.78 is 62.9. The summed E-state index contributed by atoms with van der Waals surface area (Å²) in [5, 5.41) is -4.48. The van der Waals surface area contributed by atoms with Crippen LogP contribution in [0.1, 0.15) is 0 Å². The van der Waals surface area contributed by atoms with Crippen molar-refractivity contribution in [2.75, 3.05) is 6.61 Å². The number of benzene rings is 3. The molecule has 0 spiro atoms. The summed E-state index contributed by atoms with van der Waals surface area (Å²) in [5.74, 6) is 0.0525. The molecule has 0 fully saturated rings. The van der Waals surface area contributed by atoms with Gasteiger partial charge < -0.3 is 9.29 Å². The van der Waals surface area contributed by atoms with E-state index >= 15 is 0 Å². The van der Waals surface area contributed by atoms with Crippen molar-refractivity contribution in [1.29, 1.82) is 0 Å². The maximum atomic E-state index is 13.2. The van der Waals surface area contributed by atoms with Gasteiger partial charge in [-0.2, -0.15) is 8.78 Å². The lowest BCUT2D eigenvalue weighted by Gasteiger charge is -2.20. The quantitative estimate of drug-likeness (QED) is 0.421. The molecule has 8 heteroatoms. The molecule has 0 aliphatic rings. The Morgan fingerprint density at radius 2 is 1.21 bits per heavy atom. The van der Waals surface area contributed by atoms with E-state index in [4.69, 9.17) is 4.74 Å². The molecule has 0 saturated heterocycles. The van der Waals surface area contributed by atoms with Gasteiger partial charge in [-0.15, -0.1) is 0 Å². The summed E-state index contributed by atoms with van der Waals surface area (Å²) in [4.78, 5) is 3.12. The van der Waals surface area contributed by atoms with Crippen LogP contribution in [0.25, 0.3) is 0 Å². The highest BCUT2D eigenvalue weighted by Crippen LogP contribution is 2.32. The Bertz CT molecular complexity index is 970. The molecule has 3 aromatic rings. The summed E-state index contributed by atoms with van der Waals surface area (Å²) in [6.45, 7) is -1.53. The van der Waals surface area contributed by atoms with Crippen molar-refractivity contribution in [3.63, 3.8) is 0 Å². The van der Waals surface area contributed by atoms with E-state index in [1.54, 1.807) is 12.1 Å². The SMILES string of the molecule is O=S(=O)([O-])C(F)(F)COc1ccc([S+](c2ccccc2)c2ccccc2)cc1. The third-order valence-corrected chi connectivity index (χ3v) is 6.87. The molecule has 4 nitrogen and oxygen atoms in total. The van der Waals surface area contributed by atoms with Crippen LogP contribution in [-0.4, -0.2) is 24.8 Å². The standard InChI is InChI=1S/C20H16F2O4S2/c21-20(22,28(23,24)25)15-26-16-11-13-19(14-12-16)27(17-7-3-1-4-8-17)18-9-5-2-6-10-18/h1-14H,15H2. The number of hydrogen-bond donors (Lipinski definition) is 0. The van der Waals surface area contributed by atoms with E-state index in [-0.39, 0.29) is 5.75 Å². The van der Waals surface area contributed by atoms with Gasteiger partial charge in [0.25, 0.3) is 0 Å². The highest BCUT2D eigenvalue weighted by molar-refractivity contribution is 7.97. The van der Waals surface area contributed by atoms with Crippen LogP contribution < -0.4 is 4.74 Å². The molecule has 0 saturated carbocycles. The fourth-order valence-electron chi connectivity index (χ4n) is 2.43. The number of alkyl halides is 2. The van der Waals surface area contributed by atoms with Crippen LogP contribution >= 0.6 is 0 Å². The predicted molar refractivity (Wildman–Crippen MR) is 102 cm³/mol. The Morgan fingerprint density at radius 1 is 0.786 bits per heavy atom. The van der Waals surface area contributed by atoms with Gasteiger partial charge in [-0.25, -0.2) is 8.42 Å². The van der Waals surface area contributed by atoms with Gasteiger partial charge in [0.2, 0.25) is 0 Å². The van der Waals surface area contributed by atoms with Gasteiger partial charge in [-0.05, 0) is 48.5 Å². The molecule has 0 aromatic heterocycles. The molecule has 3 aromatic carbocycles. The molecule has 0 amide bonds. The van der Waals surface area contributed by atoms with Crippen LogP contribution in [-0.2, 0) is 21.0 Å². The molecule has 0 bridgehead atoms. The predicted octanol–water partition coefficient (Wildman–Crippen LogP) is 4.30. The minimum atomic E-state index is -5.77. The van der Waals surface area contributed by atoms with E-state index in [1.807, 2.05) is 60.7 Å². The molecule has 0 aliphatic carbocycles. The third-order valence-electron chi connectivity index (χ3n) is 3.79. The van der Waals surface area contributed by atoms with Crippen molar-refractivity contribution in [3.05, 3.63) is 84.9 Å². The topological polar surface area (TPSA) is 66.4 Å². The van der Waals surface area contributed by atoms with E-state index in [9.17, 15) is 21.8 Å². The average molecular weight is 422 g/mol. The molecular weight excluding hydrogens is 406 g/mol. The highest BCUT2D eigenvalue weighted by Gasteiger charge is 2.38. The smallest absolute Gasteiger partial charge is 0.367 e. The third kappa shape index (κ3) is 4.70. The summed E-state index contributed by atoms with van der Waals surface area (Å²) in [7, 11) is -6.18. The molecule has 28 heavy (non-hydrogen) atoms. The van der Waals surface area contributed by atoms with Gasteiger partial charge in [-0.1, -0.05) is 36.4 Å². The fraction of sp³-hybridized carbons (Fsp3) is 0.100. The van der Waals surface area contributed by atoms with Gasteiger partial charge in [0, 0.05) is 0 Å². The van der Waals surface area contributed by atoms with Crippen LogP contribution in [0, 0.1) is 0 Å². The van der Waals surface area contributed by atoms with Gasteiger partial charge in [0.1, 0.15) is 5.75 Å². The number of rotatable bonds is 7. The molecule has 0 radical (unpaired) electrons. The summed E-state index contributed by atoms with van der Waals surface area (Å²) in [6.07, 6.45) is 0. The Kier molecular flexibility index (Phi) is 6.02. The summed E-state index contributed by atoms with van der Waals surface area (Å²) in [6, 6.07) is 26.1. The van der Waals surface area contributed by atoms with E-state index in [1.165, 1.54) is 12.1 Å². The second kappa shape index (κ2) is 8.30. The maximum Gasteiger partial charge on any atom is 0.367 e. The van der Waals surface area contributed by atoms with Crippen molar-refractivity contribution < 1.29 is 26.5 Å². The number of halogens is 2. The first kappa shape index (κ1) is 20.3.